The number of benzene rings is 1. The van der Waals surface area contributed by atoms with Gasteiger partial charge < -0.3 is 9.64 Å². The fraction of sp³-hybridized carbons (Fsp3) is 0.333. The summed E-state index contributed by atoms with van der Waals surface area (Å²) in [5.41, 5.74) is 1.67. The standard InChI is InChI=1S/C15H19N3O2/c1-17(2)10-11-18-15(19)9-8-14(16-18)12-4-6-13(20-3)7-5-12/h4-9H,10-11H2,1-3H3. The second-order valence-electron chi connectivity index (χ2n) is 4.81. The van der Waals surface area contributed by atoms with Crippen molar-refractivity contribution in [1.29, 1.82) is 0 Å². The Hall–Kier alpha value is -2.14. The highest BCUT2D eigenvalue weighted by atomic mass is 16.5. The molecule has 0 unspecified atom stereocenters. The Kier molecular flexibility index (Phi) is 4.53. The van der Waals surface area contributed by atoms with E-state index >= 15 is 0 Å². The first kappa shape index (κ1) is 14.3. The maximum absolute atomic E-state index is 11.8. The zero-order chi connectivity index (χ0) is 14.5. The van der Waals surface area contributed by atoms with Crippen LogP contribution in [0.4, 0.5) is 0 Å². The molecule has 1 aromatic heterocycles. The van der Waals surface area contributed by atoms with Crippen LogP contribution < -0.4 is 10.3 Å². The summed E-state index contributed by atoms with van der Waals surface area (Å²) in [5, 5.41) is 4.41. The lowest BCUT2D eigenvalue weighted by Crippen LogP contribution is -2.28. The van der Waals surface area contributed by atoms with E-state index in [2.05, 4.69) is 5.10 Å². The summed E-state index contributed by atoms with van der Waals surface area (Å²) >= 11 is 0. The molecule has 5 nitrogen and oxygen atoms in total. The highest BCUT2D eigenvalue weighted by Crippen LogP contribution is 2.19. The molecule has 0 aliphatic carbocycles. The SMILES string of the molecule is COc1ccc(-c2ccc(=O)n(CCN(C)C)n2)cc1. The van der Waals surface area contributed by atoms with E-state index in [1.165, 1.54) is 4.68 Å². The van der Waals surface area contributed by atoms with E-state index in [0.29, 0.717) is 6.54 Å². The quantitative estimate of drug-likeness (QED) is 0.828. The van der Waals surface area contributed by atoms with E-state index in [0.717, 1.165) is 23.6 Å². The molecule has 2 rings (SSSR count). The lowest BCUT2D eigenvalue weighted by molar-refractivity contribution is 0.368. The van der Waals surface area contributed by atoms with Gasteiger partial charge in [0.05, 0.1) is 19.3 Å². The molecule has 2 aromatic rings. The molecule has 0 N–H and O–H groups in total. The molecule has 0 fully saturated rings. The third-order valence-corrected chi connectivity index (χ3v) is 3.01. The molecule has 0 saturated heterocycles. The van der Waals surface area contributed by atoms with Crippen molar-refractivity contribution in [3.05, 3.63) is 46.8 Å². The third-order valence-electron chi connectivity index (χ3n) is 3.01. The van der Waals surface area contributed by atoms with Gasteiger partial charge in [0.25, 0.3) is 5.56 Å². The van der Waals surface area contributed by atoms with E-state index in [4.69, 9.17) is 4.74 Å². The van der Waals surface area contributed by atoms with Crippen molar-refractivity contribution in [2.75, 3.05) is 27.7 Å². The van der Waals surface area contributed by atoms with Gasteiger partial charge >= 0.3 is 0 Å². The van der Waals surface area contributed by atoms with Crippen LogP contribution in [0, 0.1) is 0 Å². The Morgan fingerprint density at radius 2 is 1.85 bits per heavy atom. The zero-order valence-corrected chi connectivity index (χ0v) is 12.0. The normalized spacial score (nSPS) is 10.8. The highest BCUT2D eigenvalue weighted by Gasteiger charge is 2.04. The molecule has 1 heterocycles. The first-order chi connectivity index (χ1) is 9.60. The molecule has 0 saturated carbocycles. The molecule has 0 amide bonds. The molecular formula is C15H19N3O2. The molecule has 0 spiro atoms. The van der Waals surface area contributed by atoms with Crippen molar-refractivity contribution in [3.63, 3.8) is 0 Å². The number of hydrogen-bond donors (Lipinski definition) is 0. The first-order valence-corrected chi connectivity index (χ1v) is 6.47. The fourth-order valence-electron chi connectivity index (χ4n) is 1.82. The summed E-state index contributed by atoms with van der Waals surface area (Å²) in [7, 11) is 5.57. The van der Waals surface area contributed by atoms with E-state index < -0.39 is 0 Å². The highest BCUT2D eigenvalue weighted by molar-refractivity contribution is 5.59. The smallest absolute Gasteiger partial charge is 0.266 e. The van der Waals surface area contributed by atoms with E-state index in [9.17, 15) is 4.79 Å². The molecule has 0 bridgehead atoms. The zero-order valence-electron chi connectivity index (χ0n) is 12.0. The summed E-state index contributed by atoms with van der Waals surface area (Å²) < 4.78 is 6.63. The number of nitrogens with zero attached hydrogens (tertiary/aromatic N) is 3. The number of methoxy groups -OCH3 is 1. The Labute approximate surface area is 118 Å². The van der Waals surface area contributed by atoms with Gasteiger partial charge in [-0.15, -0.1) is 0 Å². The van der Waals surface area contributed by atoms with Gasteiger partial charge in [-0.2, -0.15) is 5.10 Å². The van der Waals surface area contributed by atoms with Crippen LogP contribution in [-0.4, -0.2) is 42.4 Å². The van der Waals surface area contributed by atoms with Crippen molar-refractivity contribution in [2.45, 2.75) is 6.54 Å². The largest absolute Gasteiger partial charge is 0.497 e. The molecule has 0 aliphatic heterocycles. The van der Waals surface area contributed by atoms with Gasteiger partial charge in [0.15, 0.2) is 0 Å². The Bertz CT molecular complexity index is 618. The second-order valence-corrected chi connectivity index (χ2v) is 4.81. The Balaban J connectivity index is 2.27. The van der Waals surface area contributed by atoms with Crippen LogP contribution in [0.5, 0.6) is 5.75 Å². The monoisotopic (exact) mass is 273 g/mol. The van der Waals surface area contributed by atoms with Crippen molar-refractivity contribution < 1.29 is 4.74 Å². The third kappa shape index (κ3) is 3.45. The molecular weight excluding hydrogens is 254 g/mol. The Morgan fingerprint density at radius 3 is 2.45 bits per heavy atom. The predicted molar refractivity (Wildman–Crippen MR) is 79.0 cm³/mol. The van der Waals surface area contributed by atoms with Gasteiger partial charge in [-0.05, 0) is 44.4 Å². The summed E-state index contributed by atoms with van der Waals surface area (Å²) in [5.74, 6) is 0.801. The van der Waals surface area contributed by atoms with E-state index in [1.807, 2.05) is 43.3 Å². The molecule has 1 aromatic carbocycles. The number of ether oxygens (including phenoxy) is 1. The average molecular weight is 273 g/mol. The first-order valence-electron chi connectivity index (χ1n) is 6.47. The van der Waals surface area contributed by atoms with Gasteiger partial charge in [-0.25, -0.2) is 4.68 Å². The maximum atomic E-state index is 11.8. The van der Waals surface area contributed by atoms with Crippen LogP contribution >= 0.6 is 0 Å². The molecule has 0 radical (unpaired) electrons. The number of likely N-dealkylation sites (N-methyl/N-ethyl adjacent to an activating group) is 1. The van der Waals surface area contributed by atoms with Crippen molar-refractivity contribution in [2.24, 2.45) is 0 Å². The minimum atomic E-state index is -0.0795. The van der Waals surface area contributed by atoms with Crippen molar-refractivity contribution >= 4 is 0 Å². The lowest BCUT2D eigenvalue weighted by atomic mass is 10.1. The van der Waals surface area contributed by atoms with Crippen molar-refractivity contribution in [3.8, 4) is 17.0 Å². The van der Waals surface area contributed by atoms with E-state index in [1.54, 1.807) is 19.2 Å². The predicted octanol–water partition coefficient (Wildman–Crippen LogP) is 1.48. The van der Waals surface area contributed by atoms with Crippen LogP contribution in [0.3, 0.4) is 0 Å². The van der Waals surface area contributed by atoms with Crippen LogP contribution in [0.15, 0.2) is 41.2 Å². The number of aromatic nitrogens is 2. The van der Waals surface area contributed by atoms with Gasteiger partial charge in [0, 0.05) is 18.2 Å². The minimum absolute atomic E-state index is 0.0795. The summed E-state index contributed by atoms with van der Waals surface area (Å²) in [6.45, 7) is 1.36. The molecule has 20 heavy (non-hydrogen) atoms. The average Bonchev–Trinajstić information content (AvgIpc) is 2.46. The van der Waals surface area contributed by atoms with Gasteiger partial charge in [-0.1, -0.05) is 0 Å². The topological polar surface area (TPSA) is 47.4 Å². The van der Waals surface area contributed by atoms with Crippen LogP contribution in [0.2, 0.25) is 0 Å². The fourth-order valence-corrected chi connectivity index (χ4v) is 1.82. The van der Waals surface area contributed by atoms with Crippen LogP contribution in [-0.2, 0) is 6.54 Å². The summed E-state index contributed by atoms with van der Waals surface area (Å²) in [6, 6.07) is 10.9. The minimum Gasteiger partial charge on any atom is -0.497 e. The molecule has 5 heteroatoms. The van der Waals surface area contributed by atoms with Crippen LogP contribution in [0.1, 0.15) is 0 Å². The number of hydrogen-bond acceptors (Lipinski definition) is 4. The summed E-state index contributed by atoms with van der Waals surface area (Å²) in [6.07, 6.45) is 0. The Morgan fingerprint density at radius 1 is 1.15 bits per heavy atom. The van der Waals surface area contributed by atoms with E-state index in [-0.39, 0.29) is 5.56 Å². The van der Waals surface area contributed by atoms with Gasteiger partial charge in [0.2, 0.25) is 0 Å². The van der Waals surface area contributed by atoms with Gasteiger partial charge in [0.1, 0.15) is 5.75 Å². The van der Waals surface area contributed by atoms with Crippen LogP contribution in [0.25, 0.3) is 11.3 Å². The van der Waals surface area contributed by atoms with Gasteiger partial charge in [-0.3, -0.25) is 4.79 Å². The molecule has 0 atom stereocenters. The molecule has 106 valence electrons. The second kappa shape index (κ2) is 6.34. The molecule has 0 aliphatic rings. The number of rotatable bonds is 5. The lowest BCUT2D eigenvalue weighted by Gasteiger charge is -2.11. The van der Waals surface area contributed by atoms with Crippen molar-refractivity contribution in [1.82, 2.24) is 14.7 Å². The summed E-state index contributed by atoms with van der Waals surface area (Å²) in [4.78, 5) is 13.8. The maximum Gasteiger partial charge on any atom is 0.266 e.